The van der Waals surface area contributed by atoms with E-state index in [0.717, 1.165) is 10.0 Å². The Hall–Kier alpha value is -1.27. The molecular weight excluding hydrogens is 290 g/mol. The van der Waals surface area contributed by atoms with Crippen LogP contribution in [0, 0.1) is 6.92 Å². The number of hydrogen-bond acceptors (Lipinski definition) is 4. The topological polar surface area (TPSA) is 81.8 Å². The summed E-state index contributed by atoms with van der Waals surface area (Å²) in [7, 11) is 0. The lowest BCUT2D eigenvalue weighted by Gasteiger charge is -2.15. The van der Waals surface area contributed by atoms with Gasteiger partial charge in [-0.25, -0.2) is 0 Å². The van der Waals surface area contributed by atoms with Crippen molar-refractivity contribution in [3.63, 3.8) is 0 Å². The molecule has 0 saturated heterocycles. The Morgan fingerprint density at radius 3 is 3.00 bits per heavy atom. The molecule has 1 heterocycles. The van der Waals surface area contributed by atoms with E-state index in [-0.39, 0.29) is 13.2 Å². The SMILES string of the molecule is Cc1c(Br)c(C(N)CC(=O)O)cc2c1OCO2. The first kappa shape index (κ1) is 12.2. The van der Waals surface area contributed by atoms with Crippen LogP contribution in [0.5, 0.6) is 11.5 Å². The van der Waals surface area contributed by atoms with Crippen molar-refractivity contribution in [3.05, 3.63) is 21.7 Å². The predicted molar refractivity (Wildman–Crippen MR) is 64.2 cm³/mol. The molecule has 0 amide bonds. The number of halogens is 1. The first-order valence-corrected chi connectivity index (χ1v) is 5.86. The van der Waals surface area contributed by atoms with Crippen molar-refractivity contribution in [2.75, 3.05) is 6.79 Å². The Morgan fingerprint density at radius 1 is 1.65 bits per heavy atom. The van der Waals surface area contributed by atoms with Gasteiger partial charge in [-0.3, -0.25) is 4.79 Å². The molecule has 1 aliphatic rings. The van der Waals surface area contributed by atoms with E-state index in [4.69, 9.17) is 20.3 Å². The van der Waals surface area contributed by atoms with Crippen molar-refractivity contribution < 1.29 is 19.4 Å². The molecule has 2 rings (SSSR count). The van der Waals surface area contributed by atoms with Crippen molar-refractivity contribution in [3.8, 4) is 11.5 Å². The molecule has 1 aliphatic heterocycles. The van der Waals surface area contributed by atoms with Gasteiger partial charge in [0.1, 0.15) is 0 Å². The van der Waals surface area contributed by atoms with E-state index < -0.39 is 12.0 Å². The highest BCUT2D eigenvalue weighted by Crippen LogP contribution is 2.43. The van der Waals surface area contributed by atoms with Crippen molar-refractivity contribution >= 4 is 21.9 Å². The van der Waals surface area contributed by atoms with Gasteiger partial charge < -0.3 is 20.3 Å². The molecule has 92 valence electrons. The quantitative estimate of drug-likeness (QED) is 0.892. The highest BCUT2D eigenvalue weighted by atomic mass is 79.9. The minimum atomic E-state index is -0.931. The van der Waals surface area contributed by atoms with Gasteiger partial charge in [-0.15, -0.1) is 0 Å². The smallest absolute Gasteiger partial charge is 0.305 e. The van der Waals surface area contributed by atoms with Crippen LogP contribution in [-0.4, -0.2) is 17.9 Å². The lowest BCUT2D eigenvalue weighted by molar-refractivity contribution is -0.137. The Bertz CT molecular complexity index is 475. The molecular formula is C11H12BrNO4. The standard InChI is InChI=1S/C11H12BrNO4/c1-5-10(12)6(7(13)3-9(14)15)2-8-11(5)17-4-16-8/h2,7H,3-4,13H2,1H3,(H,14,15). The monoisotopic (exact) mass is 301 g/mol. The van der Waals surface area contributed by atoms with E-state index in [2.05, 4.69) is 15.9 Å². The summed E-state index contributed by atoms with van der Waals surface area (Å²) in [5.41, 5.74) is 7.44. The number of carboxylic acid groups (broad SMARTS) is 1. The maximum absolute atomic E-state index is 10.7. The fourth-order valence-corrected chi connectivity index (χ4v) is 2.37. The van der Waals surface area contributed by atoms with E-state index in [0.29, 0.717) is 17.1 Å². The van der Waals surface area contributed by atoms with Gasteiger partial charge in [0, 0.05) is 16.1 Å². The molecule has 0 aliphatic carbocycles. The highest BCUT2D eigenvalue weighted by Gasteiger charge is 2.24. The zero-order valence-corrected chi connectivity index (χ0v) is 10.8. The van der Waals surface area contributed by atoms with E-state index >= 15 is 0 Å². The summed E-state index contributed by atoms with van der Waals surface area (Å²) < 4.78 is 11.4. The molecule has 17 heavy (non-hydrogen) atoms. The predicted octanol–water partition coefficient (Wildman–Crippen LogP) is 1.96. The zero-order valence-electron chi connectivity index (χ0n) is 9.20. The minimum Gasteiger partial charge on any atom is -0.481 e. The molecule has 5 nitrogen and oxygen atoms in total. The summed E-state index contributed by atoms with van der Waals surface area (Å²) in [6.45, 7) is 2.05. The normalized spacial score (nSPS) is 14.8. The van der Waals surface area contributed by atoms with E-state index in [1.807, 2.05) is 6.92 Å². The molecule has 1 aromatic rings. The maximum atomic E-state index is 10.7. The Morgan fingerprint density at radius 2 is 2.35 bits per heavy atom. The van der Waals surface area contributed by atoms with Crippen molar-refractivity contribution in [2.24, 2.45) is 5.73 Å². The van der Waals surface area contributed by atoms with Crippen molar-refractivity contribution in [1.82, 2.24) is 0 Å². The number of fused-ring (bicyclic) bond motifs is 1. The van der Waals surface area contributed by atoms with E-state index in [1.165, 1.54) is 0 Å². The number of aliphatic carboxylic acids is 1. The average Bonchev–Trinajstić information content (AvgIpc) is 2.70. The van der Waals surface area contributed by atoms with Gasteiger partial charge in [0.2, 0.25) is 6.79 Å². The summed E-state index contributed by atoms with van der Waals surface area (Å²) >= 11 is 3.42. The molecule has 3 N–H and O–H groups in total. The third kappa shape index (κ3) is 2.23. The molecule has 1 aromatic carbocycles. The first-order valence-electron chi connectivity index (χ1n) is 5.06. The van der Waals surface area contributed by atoms with Crippen LogP contribution >= 0.6 is 15.9 Å². The molecule has 0 bridgehead atoms. The van der Waals surface area contributed by atoms with Crippen LogP contribution in [0.3, 0.4) is 0 Å². The van der Waals surface area contributed by atoms with Gasteiger partial charge in [-0.05, 0) is 18.6 Å². The molecule has 0 aromatic heterocycles. The van der Waals surface area contributed by atoms with E-state index in [9.17, 15) is 4.79 Å². The van der Waals surface area contributed by atoms with Gasteiger partial charge in [-0.2, -0.15) is 0 Å². The molecule has 0 saturated carbocycles. The highest BCUT2D eigenvalue weighted by molar-refractivity contribution is 9.10. The second-order valence-electron chi connectivity index (χ2n) is 3.84. The van der Waals surface area contributed by atoms with Crippen molar-refractivity contribution in [2.45, 2.75) is 19.4 Å². The van der Waals surface area contributed by atoms with Gasteiger partial charge in [0.25, 0.3) is 0 Å². The third-order valence-corrected chi connectivity index (χ3v) is 3.70. The summed E-state index contributed by atoms with van der Waals surface area (Å²) in [6, 6.07) is 1.16. The Kier molecular flexibility index (Phi) is 3.26. The minimum absolute atomic E-state index is 0.127. The number of carboxylic acids is 1. The third-order valence-electron chi connectivity index (χ3n) is 2.65. The number of carbonyl (C=O) groups is 1. The summed E-state index contributed by atoms with van der Waals surface area (Å²) in [5.74, 6) is 0.365. The molecule has 1 unspecified atom stereocenters. The second kappa shape index (κ2) is 4.54. The number of nitrogens with two attached hydrogens (primary N) is 1. The van der Waals surface area contributed by atoms with Crippen LogP contribution in [0.1, 0.15) is 23.6 Å². The van der Waals surface area contributed by atoms with Crippen LogP contribution in [0.2, 0.25) is 0 Å². The number of hydrogen-bond donors (Lipinski definition) is 2. The fraction of sp³-hybridized carbons (Fsp3) is 0.364. The van der Waals surface area contributed by atoms with Crippen LogP contribution in [-0.2, 0) is 4.79 Å². The summed E-state index contributed by atoms with van der Waals surface area (Å²) in [6.07, 6.45) is -0.127. The van der Waals surface area contributed by atoms with Crippen LogP contribution < -0.4 is 15.2 Å². The van der Waals surface area contributed by atoms with Gasteiger partial charge in [0.15, 0.2) is 11.5 Å². The van der Waals surface area contributed by atoms with Crippen LogP contribution in [0.15, 0.2) is 10.5 Å². The Balaban J connectivity index is 2.41. The molecule has 0 spiro atoms. The van der Waals surface area contributed by atoms with Crippen LogP contribution in [0.4, 0.5) is 0 Å². The lowest BCUT2D eigenvalue weighted by atomic mass is 10.0. The fourth-order valence-electron chi connectivity index (χ4n) is 1.78. The maximum Gasteiger partial charge on any atom is 0.305 e. The Labute approximate surface area is 107 Å². The van der Waals surface area contributed by atoms with Gasteiger partial charge in [-0.1, -0.05) is 15.9 Å². The number of rotatable bonds is 3. The zero-order chi connectivity index (χ0) is 12.6. The van der Waals surface area contributed by atoms with Gasteiger partial charge in [0.05, 0.1) is 6.42 Å². The average molecular weight is 302 g/mol. The number of ether oxygens (including phenoxy) is 2. The molecule has 0 radical (unpaired) electrons. The lowest BCUT2D eigenvalue weighted by Crippen LogP contribution is -2.15. The van der Waals surface area contributed by atoms with Crippen LogP contribution in [0.25, 0.3) is 0 Å². The molecule has 6 heteroatoms. The molecule has 0 fully saturated rings. The van der Waals surface area contributed by atoms with E-state index in [1.54, 1.807) is 6.07 Å². The largest absolute Gasteiger partial charge is 0.481 e. The first-order chi connectivity index (χ1) is 8.00. The summed E-state index contributed by atoms with van der Waals surface area (Å²) in [4.78, 5) is 10.7. The second-order valence-corrected chi connectivity index (χ2v) is 4.64. The summed E-state index contributed by atoms with van der Waals surface area (Å²) in [5, 5.41) is 8.75. The van der Waals surface area contributed by atoms with Gasteiger partial charge >= 0.3 is 5.97 Å². The van der Waals surface area contributed by atoms with Crippen molar-refractivity contribution in [1.29, 1.82) is 0 Å². The molecule has 1 atom stereocenters. The number of benzene rings is 1.